The number of nitrogens with zero attached hydrogens (tertiary/aromatic N) is 1. The summed E-state index contributed by atoms with van der Waals surface area (Å²) < 4.78 is 23.2. The van der Waals surface area contributed by atoms with Gasteiger partial charge in [0.25, 0.3) is 0 Å². The molecule has 0 saturated carbocycles. The van der Waals surface area contributed by atoms with Gasteiger partial charge in [0.05, 0.1) is 39.9 Å². The van der Waals surface area contributed by atoms with Crippen LogP contribution in [0.25, 0.3) is 0 Å². The zero-order valence-electron chi connectivity index (χ0n) is 33.3. The minimum absolute atomic E-state index is 0.0575. The SMILES string of the molecule is CC/C=C\C/C=C\C/C=C\C/C=C\CCCCCCCCCCCCCCC(=O)NC(COP(=O)(O)OCC[N+](C)(C)C)C(O)/C=C/CCCC. The fourth-order valence-electron chi connectivity index (χ4n) is 5.25. The Morgan fingerprint density at radius 3 is 1.71 bits per heavy atom. The lowest BCUT2D eigenvalue weighted by Crippen LogP contribution is -2.45. The van der Waals surface area contributed by atoms with E-state index < -0.39 is 20.0 Å². The fraction of sp³-hybridized carbons (Fsp3) is 0.738. The van der Waals surface area contributed by atoms with Gasteiger partial charge >= 0.3 is 7.82 Å². The third kappa shape index (κ3) is 36.4. The number of amides is 1. The first kappa shape index (κ1) is 49.2. The van der Waals surface area contributed by atoms with Crippen LogP contribution >= 0.6 is 7.82 Å². The Bertz CT molecular complexity index is 1020. The van der Waals surface area contributed by atoms with E-state index in [2.05, 4.69) is 67.8 Å². The van der Waals surface area contributed by atoms with Crippen molar-refractivity contribution in [3.8, 4) is 0 Å². The summed E-state index contributed by atoms with van der Waals surface area (Å²) in [7, 11) is 1.55. The van der Waals surface area contributed by atoms with Crippen LogP contribution in [0.5, 0.6) is 0 Å². The van der Waals surface area contributed by atoms with E-state index in [1.165, 1.54) is 64.2 Å². The van der Waals surface area contributed by atoms with Crippen molar-refractivity contribution in [3.05, 3.63) is 60.8 Å². The van der Waals surface area contributed by atoms with Gasteiger partial charge in [-0.05, 0) is 51.4 Å². The number of carbonyl (C=O) groups is 1. The van der Waals surface area contributed by atoms with Crippen molar-refractivity contribution in [2.45, 2.75) is 161 Å². The number of quaternary nitrogens is 1. The zero-order valence-corrected chi connectivity index (χ0v) is 34.2. The molecule has 0 radical (unpaired) electrons. The lowest BCUT2D eigenvalue weighted by atomic mass is 10.0. The smallest absolute Gasteiger partial charge is 0.387 e. The Kier molecular flexibility index (Phi) is 32.8. The highest BCUT2D eigenvalue weighted by atomic mass is 31.2. The minimum Gasteiger partial charge on any atom is -0.387 e. The van der Waals surface area contributed by atoms with E-state index in [0.717, 1.165) is 64.2 Å². The number of hydrogen-bond donors (Lipinski definition) is 3. The van der Waals surface area contributed by atoms with E-state index in [1.807, 2.05) is 27.2 Å². The Morgan fingerprint density at radius 2 is 1.18 bits per heavy atom. The molecule has 0 heterocycles. The van der Waals surface area contributed by atoms with Crippen LogP contribution in [0.4, 0.5) is 0 Å². The lowest BCUT2D eigenvalue weighted by molar-refractivity contribution is -0.870. The molecule has 0 rings (SSSR count). The molecule has 0 aliphatic rings. The Labute approximate surface area is 313 Å². The highest BCUT2D eigenvalue weighted by Gasteiger charge is 2.27. The van der Waals surface area contributed by atoms with E-state index in [1.54, 1.807) is 6.08 Å². The molecule has 0 aliphatic carbocycles. The molecule has 51 heavy (non-hydrogen) atoms. The number of phosphoric ester groups is 1. The van der Waals surface area contributed by atoms with Gasteiger partial charge in [0.1, 0.15) is 13.2 Å². The highest BCUT2D eigenvalue weighted by molar-refractivity contribution is 7.47. The third-order valence-corrected chi connectivity index (χ3v) is 9.48. The van der Waals surface area contributed by atoms with E-state index in [-0.39, 0.29) is 19.1 Å². The number of nitrogens with one attached hydrogen (secondary N) is 1. The molecule has 0 aromatic rings. The fourth-order valence-corrected chi connectivity index (χ4v) is 5.99. The van der Waals surface area contributed by atoms with Gasteiger partial charge < -0.3 is 19.8 Å². The van der Waals surface area contributed by atoms with Gasteiger partial charge in [0.2, 0.25) is 5.91 Å². The van der Waals surface area contributed by atoms with Crippen LogP contribution in [0, 0.1) is 0 Å². The number of phosphoric acid groups is 1. The van der Waals surface area contributed by atoms with Gasteiger partial charge in [-0.2, -0.15) is 0 Å². The molecule has 8 nitrogen and oxygen atoms in total. The van der Waals surface area contributed by atoms with Crippen molar-refractivity contribution in [1.29, 1.82) is 0 Å². The largest absolute Gasteiger partial charge is 0.472 e. The second-order valence-electron chi connectivity index (χ2n) is 14.6. The average Bonchev–Trinajstić information content (AvgIpc) is 3.07. The third-order valence-electron chi connectivity index (χ3n) is 8.49. The van der Waals surface area contributed by atoms with Gasteiger partial charge in [-0.15, -0.1) is 0 Å². The zero-order chi connectivity index (χ0) is 37.9. The van der Waals surface area contributed by atoms with E-state index in [9.17, 15) is 19.4 Å². The molecule has 296 valence electrons. The second-order valence-corrected chi connectivity index (χ2v) is 16.1. The number of hydrogen-bond acceptors (Lipinski definition) is 5. The lowest BCUT2D eigenvalue weighted by Gasteiger charge is -2.25. The highest BCUT2D eigenvalue weighted by Crippen LogP contribution is 2.43. The molecule has 0 saturated heterocycles. The Balaban J connectivity index is 4.01. The standard InChI is InChI=1S/C42H77N2O6P/c1-6-8-10-12-13-14-15-16-17-18-19-20-21-22-23-24-25-26-27-28-29-30-31-32-34-36-42(46)43-40(41(45)35-33-11-9-7-2)39-50-51(47,48)49-38-37-44(3,4)5/h8,10,13-14,16-17,19-20,33,35,40-41,45H,6-7,9,11-12,15,18,21-32,34,36-39H2,1-5H3,(H-,43,46,47,48)/p+1/b10-8-,14-13-,17-16-,20-19-,35-33+. The van der Waals surface area contributed by atoms with Crippen LogP contribution in [-0.2, 0) is 18.4 Å². The van der Waals surface area contributed by atoms with Crippen molar-refractivity contribution in [3.63, 3.8) is 0 Å². The number of rotatable bonds is 35. The van der Waals surface area contributed by atoms with Crippen LogP contribution in [0.3, 0.4) is 0 Å². The molecule has 0 spiro atoms. The van der Waals surface area contributed by atoms with Gasteiger partial charge in [0.15, 0.2) is 0 Å². The molecule has 3 atom stereocenters. The van der Waals surface area contributed by atoms with Crippen molar-refractivity contribution < 1.29 is 32.9 Å². The molecule has 0 bridgehead atoms. The first-order chi connectivity index (χ1) is 24.5. The Hall–Kier alpha value is -1.80. The summed E-state index contributed by atoms with van der Waals surface area (Å²) in [6, 6.07) is -0.844. The predicted molar refractivity (Wildman–Crippen MR) is 217 cm³/mol. The topological polar surface area (TPSA) is 105 Å². The first-order valence-electron chi connectivity index (χ1n) is 20.2. The van der Waals surface area contributed by atoms with E-state index >= 15 is 0 Å². The van der Waals surface area contributed by atoms with Gasteiger partial charge in [0, 0.05) is 6.42 Å². The molecule has 0 aromatic heterocycles. The molecular weight excluding hydrogens is 659 g/mol. The number of allylic oxidation sites excluding steroid dienone is 9. The van der Waals surface area contributed by atoms with Crippen LogP contribution in [0.15, 0.2) is 60.8 Å². The van der Waals surface area contributed by atoms with Crippen molar-refractivity contribution in [1.82, 2.24) is 5.32 Å². The molecule has 0 aromatic carbocycles. The molecule has 9 heteroatoms. The predicted octanol–water partition coefficient (Wildman–Crippen LogP) is 10.7. The number of aliphatic hydroxyl groups is 1. The number of likely N-dealkylation sites (N-methyl/N-ethyl adjacent to an activating group) is 1. The summed E-state index contributed by atoms with van der Waals surface area (Å²) >= 11 is 0. The molecule has 3 unspecified atom stereocenters. The Morgan fingerprint density at radius 1 is 0.686 bits per heavy atom. The van der Waals surface area contributed by atoms with Crippen molar-refractivity contribution >= 4 is 13.7 Å². The number of carbonyl (C=O) groups excluding carboxylic acids is 1. The summed E-state index contributed by atoms with van der Waals surface area (Å²) in [5, 5.41) is 13.5. The number of unbranched alkanes of at least 4 members (excludes halogenated alkanes) is 14. The maximum Gasteiger partial charge on any atom is 0.472 e. The van der Waals surface area contributed by atoms with Crippen LogP contribution in [0.1, 0.15) is 149 Å². The maximum atomic E-state index is 12.7. The minimum atomic E-state index is -4.32. The van der Waals surface area contributed by atoms with E-state index in [0.29, 0.717) is 17.4 Å². The molecule has 1 amide bonds. The molecule has 0 fully saturated rings. The van der Waals surface area contributed by atoms with Crippen LogP contribution in [-0.4, -0.2) is 73.4 Å². The summed E-state index contributed by atoms with van der Waals surface area (Å²) in [5.74, 6) is -0.193. The van der Waals surface area contributed by atoms with Crippen LogP contribution in [0.2, 0.25) is 0 Å². The quantitative estimate of drug-likeness (QED) is 0.0259. The van der Waals surface area contributed by atoms with Gasteiger partial charge in [-0.3, -0.25) is 13.8 Å². The summed E-state index contributed by atoms with van der Waals surface area (Å²) in [5.41, 5.74) is 0. The molecular formula is C42H78N2O6P+. The van der Waals surface area contributed by atoms with Crippen molar-refractivity contribution in [2.75, 3.05) is 40.9 Å². The first-order valence-corrected chi connectivity index (χ1v) is 21.7. The van der Waals surface area contributed by atoms with E-state index in [4.69, 9.17) is 9.05 Å². The average molecular weight is 738 g/mol. The van der Waals surface area contributed by atoms with Gasteiger partial charge in [-0.1, -0.05) is 152 Å². The molecule has 0 aliphatic heterocycles. The van der Waals surface area contributed by atoms with Gasteiger partial charge in [-0.25, -0.2) is 4.57 Å². The summed E-state index contributed by atoms with van der Waals surface area (Å²) in [6.07, 6.45) is 43.5. The number of aliphatic hydroxyl groups excluding tert-OH is 1. The molecule has 3 N–H and O–H groups in total. The second kappa shape index (κ2) is 34.0. The summed E-state index contributed by atoms with van der Waals surface area (Å²) in [4.78, 5) is 22.8. The summed E-state index contributed by atoms with van der Waals surface area (Å²) in [6.45, 7) is 4.52. The van der Waals surface area contributed by atoms with Crippen molar-refractivity contribution in [2.24, 2.45) is 0 Å². The normalized spacial score (nSPS) is 15.2. The monoisotopic (exact) mass is 738 g/mol. The van der Waals surface area contributed by atoms with Crippen LogP contribution < -0.4 is 5.32 Å². The maximum absolute atomic E-state index is 12.7.